The summed E-state index contributed by atoms with van der Waals surface area (Å²) in [6, 6.07) is 5.35. The average molecular weight is 266 g/mol. The molecular formula is C13H18N2O4. The van der Waals surface area contributed by atoms with Gasteiger partial charge in [0.05, 0.1) is 26.4 Å². The van der Waals surface area contributed by atoms with Crippen LogP contribution < -0.4 is 5.73 Å². The molecule has 0 amide bonds. The van der Waals surface area contributed by atoms with Crippen LogP contribution in [0.25, 0.3) is 11.1 Å². The second-order valence-corrected chi connectivity index (χ2v) is 3.99. The van der Waals surface area contributed by atoms with Crippen molar-refractivity contribution in [2.45, 2.75) is 6.61 Å². The highest BCUT2D eigenvalue weighted by Gasteiger charge is 2.05. The molecule has 6 heteroatoms. The molecule has 0 aliphatic carbocycles. The Balaban J connectivity index is 1.72. The summed E-state index contributed by atoms with van der Waals surface area (Å²) in [7, 11) is 1.64. The molecule has 19 heavy (non-hydrogen) atoms. The predicted molar refractivity (Wildman–Crippen MR) is 70.8 cm³/mol. The molecule has 2 rings (SSSR count). The van der Waals surface area contributed by atoms with Crippen molar-refractivity contribution in [3.8, 4) is 0 Å². The van der Waals surface area contributed by atoms with E-state index in [-0.39, 0.29) is 0 Å². The molecule has 104 valence electrons. The third-order valence-electron chi connectivity index (χ3n) is 2.49. The van der Waals surface area contributed by atoms with E-state index in [1.54, 1.807) is 25.3 Å². The Morgan fingerprint density at radius 1 is 1.16 bits per heavy atom. The minimum Gasteiger partial charge on any atom is -0.438 e. The summed E-state index contributed by atoms with van der Waals surface area (Å²) in [4.78, 5) is 4.29. The molecule has 0 unspecified atom stereocenters. The standard InChI is InChI=1S/C13H18N2O4/c1-16-4-5-17-6-7-18-9-13-15-11-8-10(14)2-3-12(11)19-13/h2-3,8H,4-7,9,14H2,1H3. The molecule has 0 bridgehead atoms. The van der Waals surface area contributed by atoms with Crippen LogP contribution in [0.1, 0.15) is 5.89 Å². The van der Waals surface area contributed by atoms with E-state index in [9.17, 15) is 0 Å². The van der Waals surface area contributed by atoms with Gasteiger partial charge in [0.15, 0.2) is 5.58 Å². The van der Waals surface area contributed by atoms with Crippen LogP contribution in [0.4, 0.5) is 5.69 Å². The number of nitrogen functional groups attached to an aromatic ring is 1. The van der Waals surface area contributed by atoms with Crippen LogP contribution in [0.15, 0.2) is 22.6 Å². The molecule has 0 aliphatic rings. The number of ether oxygens (including phenoxy) is 3. The van der Waals surface area contributed by atoms with Gasteiger partial charge in [0.25, 0.3) is 0 Å². The number of hydrogen-bond acceptors (Lipinski definition) is 6. The quantitative estimate of drug-likeness (QED) is 0.577. The molecule has 2 N–H and O–H groups in total. The Bertz CT molecular complexity index is 512. The summed E-state index contributed by atoms with van der Waals surface area (Å²) in [5.41, 5.74) is 7.80. The van der Waals surface area contributed by atoms with Gasteiger partial charge in [-0.1, -0.05) is 0 Å². The first-order valence-corrected chi connectivity index (χ1v) is 6.09. The molecule has 2 aromatic rings. The molecule has 1 heterocycles. The van der Waals surface area contributed by atoms with Gasteiger partial charge in [-0.05, 0) is 18.2 Å². The van der Waals surface area contributed by atoms with Gasteiger partial charge >= 0.3 is 0 Å². The van der Waals surface area contributed by atoms with Crippen molar-refractivity contribution in [2.24, 2.45) is 0 Å². The molecular weight excluding hydrogens is 248 g/mol. The van der Waals surface area contributed by atoms with Gasteiger partial charge in [-0.2, -0.15) is 0 Å². The first-order chi connectivity index (χ1) is 9.29. The van der Waals surface area contributed by atoms with Crippen LogP contribution in [0.3, 0.4) is 0 Å². The Morgan fingerprint density at radius 3 is 2.79 bits per heavy atom. The van der Waals surface area contributed by atoms with Gasteiger partial charge in [-0.15, -0.1) is 0 Å². The maximum Gasteiger partial charge on any atom is 0.221 e. The predicted octanol–water partition coefficient (Wildman–Crippen LogP) is 1.59. The highest BCUT2D eigenvalue weighted by molar-refractivity contribution is 5.76. The van der Waals surface area contributed by atoms with Crippen molar-refractivity contribution in [3.63, 3.8) is 0 Å². The highest BCUT2D eigenvalue weighted by atomic mass is 16.5. The van der Waals surface area contributed by atoms with Gasteiger partial charge in [0.2, 0.25) is 5.89 Å². The number of aromatic nitrogens is 1. The summed E-state index contributed by atoms with van der Waals surface area (Å²) < 4.78 is 21.1. The Hall–Kier alpha value is -1.63. The fourth-order valence-corrected chi connectivity index (χ4v) is 1.58. The second-order valence-electron chi connectivity index (χ2n) is 3.99. The first-order valence-electron chi connectivity index (χ1n) is 6.09. The Labute approximate surface area is 111 Å². The summed E-state index contributed by atoms with van der Waals surface area (Å²) in [6.45, 7) is 2.50. The lowest BCUT2D eigenvalue weighted by atomic mass is 10.3. The monoisotopic (exact) mass is 266 g/mol. The molecule has 0 saturated heterocycles. The summed E-state index contributed by atoms with van der Waals surface area (Å²) in [6.07, 6.45) is 0. The molecule has 1 aromatic heterocycles. The van der Waals surface area contributed by atoms with Crippen LogP contribution in [-0.2, 0) is 20.8 Å². The summed E-state index contributed by atoms with van der Waals surface area (Å²) in [5, 5.41) is 0. The molecule has 6 nitrogen and oxygen atoms in total. The minimum absolute atomic E-state index is 0.322. The van der Waals surface area contributed by atoms with E-state index in [1.165, 1.54) is 0 Å². The van der Waals surface area contributed by atoms with E-state index in [0.29, 0.717) is 50.2 Å². The van der Waals surface area contributed by atoms with Crippen molar-refractivity contribution in [1.29, 1.82) is 0 Å². The fraction of sp³-hybridized carbons (Fsp3) is 0.462. The second kappa shape index (κ2) is 7.08. The van der Waals surface area contributed by atoms with Crippen molar-refractivity contribution in [1.82, 2.24) is 4.98 Å². The number of nitrogens with zero attached hydrogens (tertiary/aromatic N) is 1. The van der Waals surface area contributed by atoms with Crippen LogP contribution in [0.5, 0.6) is 0 Å². The number of nitrogens with two attached hydrogens (primary N) is 1. The number of benzene rings is 1. The maximum absolute atomic E-state index is 5.67. The Morgan fingerprint density at radius 2 is 1.95 bits per heavy atom. The van der Waals surface area contributed by atoms with Crippen molar-refractivity contribution < 1.29 is 18.6 Å². The van der Waals surface area contributed by atoms with E-state index >= 15 is 0 Å². The van der Waals surface area contributed by atoms with E-state index in [4.69, 9.17) is 24.4 Å². The third kappa shape index (κ3) is 4.20. The molecule has 0 saturated carbocycles. The van der Waals surface area contributed by atoms with Gasteiger partial charge in [-0.3, -0.25) is 0 Å². The van der Waals surface area contributed by atoms with Gasteiger partial charge in [-0.25, -0.2) is 4.98 Å². The molecule has 0 radical (unpaired) electrons. The normalized spacial score (nSPS) is 11.2. The smallest absolute Gasteiger partial charge is 0.221 e. The molecule has 0 aliphatic heterocycles. The topological polar surface area (TPSA) is 79.7 Å². The largest absolute Gasteiger partial charge is 0.438 e. The lowest BCUT2D eigenvalue weighted by molar-refractivity contribution is 0.0154. The van der Waals surface area contributed by atoms with Crippen LogP contribution in [0, 0.1) is 0 Å². The molecule has 0 spiro atoms. The number of anilines is 1. The maximum atomic E-state index is 5.67. The van der Waals surface area contributed by atoms with Gasteiger partial charge in [0.1, 0.15) is 12.1 Å². The molecule has 0 fully saturated rings. The number of oxazole rings is 1. The highest BCUT2D eigenvalue weighted by Crippen LogP contribution is 2.18. The van der Waals surface area contributed by atoms with E-state index in [1.807, 2.05) is 0 Å². The lowest BCUT2D eigenvalue weighted by Gasteiger charge is -2.03. The lowest BCUT2D eigenvalue weighted by Crippen LogP contribution is -2.08. The van der Waals surface area contributed by atoms with Gasteiger partial charge in [0, 0.05) is 12.8 Å². The van der Waals surface area contributed by atoms with E-state index in [2.05, 4.69) is 4.98 Å². The van der Waals surface area contributed by atoms with Crippen LogP contribution >= 0.6 is 0 Å². The average Bonchev–Trinajstić information content (AvgIpc) is 2.79. The molecule has 1 aromatic carbocycles. The number of rotatable bonds is 8. The number of hydrogen-bond donors (Lipinski definition) is 1. The zero-order valence-corrected chi connectivity index (χ0v) is 10.9. The fourth-order valence-electron chi connectivity index (χ4n) is 1.58. The zero-order valence-electron chi connectivity index (χ0n) is 10.9. The van der Waals surface area contributed by atoms with Crippen molar-refractivity contribution >= 4 is 16.8 Å². The minimum atomic E-state index is 0.322. The van der Waals surface area contributed by atoms with Gasteiger partial charge < -0.3 is 24.4 Å². The zero-order chi connectivity index (χ0) is 13.5. The van der Waals surface area contributed by atoms with Crippen LogP contribution in [-0.4, -0.2) is 38.5 Å². The first kappa shape index (κ1) is 13.8. The number of methoxy groups -OCH3 is 1. The Kier molecular flexibility index (Phi) is 5.14. The number of fused-ring (bicyclic) bond motifs is 1. The SMILES string of the molecule is COCCOCCOCc1nc2cc(N)ccc2o1. The summed E-state index contributed by atoms with van der Waals surface area (Å²) >= 11 is 0. The van der Waals surface area contributed by atoms with E-state index < -0.39 is 0 Å². The van der Waals surface area contributed by atoms with Crippen molar-refractivity contribution in [3.05, 3.63) is 24.1 Å². The summed E-state index contributed by atoms with van der Waals surface area (Å²) in [5.74, 6) is 0.539. The van der Waals surface area contributed by atoms with E-state index in [0.717, 1.165) is 5.52 Å². The molecule has 0 atom stereocenters. The van der Waals surface area contributed by atoms with Crippen LogP contribution in [0.2, 0.25) is 0 Å². The van der Waals surface area contributed by atoms with Crippen molar-refractivity contribution in [2.75, 3.05) is 39.3 Å². The third-order valence-corrected chi connectivity index (χ3v) is 2.49.